The van der Waals surface area contributed by atoms with Crippen molar-refractivity contribution in [3.8, 4) is 11.5 Å². The summed E-state index contributed by atoms with van der Waals surface area (Å²) in [5, 5.41) is 3.49. The van der Waals surface area contributed by atoms with E-state index in [0.717, 1.165) is 25.2 Å². The van der Waals surface area contributed by atoms with E-state index in [1.807, 2.05) is 13.0 Å². The van der Waals surface area contributed by atoms with Gasteiger partial charge in [0.25, 0.3) is 0 Å². The predicted molar refractivity (Wildman–Crippen MR) is 81.6 cm³/mol. The van der Waals surface area contributed by atoms with Crippen molar-refractivity contribution in [3.05, 3.63) is 23.8 Å². The summed E-state index contributed by atoms with van der Waals surface area (Å²) < 4.78 is 34.7. The molecule has 4 nitrogen and oxygen atoms in total. The first-order valence-electron chi connectivity index (χ1n) is 7.66. The molecule has 0 aromatic heterocycles. The van der Waals surface area contributed by atoms with Crippen molar-refractivity contribution in [2.75, 3.05) is 19.7 Å². The second-order valence-corrected chi connectivity index (χ2v) is 5.76. The summed E-state index contributed by atoms with van der Waals surface area (Å²) in [4.78, 5) is 2.35. The molecule has 1 saturated heterocycles. The van der Waals surface area contributed by atoms with Crippen molar-refractivity contribution < 1.29 is 18.3 Å². The molecule has 2 atom stereocenters. The summed E-state index contributed by atoms with van der Waals surface area (Å²) in [6.07, 6.45) is 0. The lowest BCUT2D eigenvalue weighted by atomic mass is 10.1. The molecule has 2 unspecified atom stereocenters. The summed E-state index contributed by atoms with van der Waals surface area (Å²) in [5.74, 6) is 0.458. The smallest absolute Gasteiger partial charge is 0.387 e. The zero-order chi connectivity index (χ0) is 16.1. The largest absolute Gasteiger partial charge is 0.490 e. The van der Waals surface area contributed by atoms with Crippen molar-refractivity contribution in [1.29, 1.82) is 0 Å². The van der Waals surface area contributed by atoms with Gasteiger partial charge in [0.1, 0.15) is 0 Å². The van der Waals surface area contributed by atoms with Gasteiger partial charge in [0, 0.05) is 31.7 Å². The fraction of sp³-hybridized carbons (Fsp3) is 0.625. The first-order chi connectivity index (χ1) is 10.5. The molecule has 6 heteroatoms. The minimum atomic E-state index is -2.85. The van der Waals surface area contributed by atoms with Gasteiger partial charge in [0.2, 0.25) is 0 Å². The van der Waals surface area contributed by atoms with Crippen molar-refractivity contribution in [1.82, 2.24) is 10.2 Å². The highest BCUT2D eigenvalue weighted by Gasteiger charge is 2.21. The Morgan fingerprint density at radius 1 is 1.23 bits per heavy atom. The number of rotatable bonds is 6. The third-order valence-electron chi connectivity index (χ3n) is 3.56. The van der Waals surface area contributed by atoms with Crippen LogP contribution in [0.4, 0.5) is 8.78 Å². The fourth-order valence-corrected chi connectivity index (χ4v) is 2.94. The minimum Gasteiger partial charge on any atom is -0.490 e. The average molecular weight is 314 g/mol. The highest BCUT2D eigenvalue weighted by molar-refractivity contribution is 5.43. The molecule has 0 bridgehead atoms. The number of piperazine rings is 1. The summed E-state index contributed by atoms with van der Waals surface area (Å²) in [5.41, 5.74) is 1.03. The Morgan fingerprint density at radius 2 is 1.91 bits per heavy atom. The van der Waals surface area contributed by atoms with Crippen LogP contribution < -0.4 is 14.8 Å². The number of hydrogen-bond donors (Lipinski definition) is 1. The topological polar surface area (TPSA) is 33.7 Å². The number of halogens is 2. The lowest BCUT2D eigenvalue weighted by molar-refractivity contribution is -0.0514. The molecule has 0 saturated carbocycles. The molecule has 2 rings (SSSR count). The molecule has 0 amide bonds. The Bertz CT molecular complexity index is 475. The van der Waals surface area contributed by atoms with E-state index in [9.17, 15) is 8.78 Å². The van der Waals surface area contributed by atoms with Crippen LogP contribution in [0, 0.1) is 0 Å². The van der Waals surface area contributed by atoms with Crippen LogP contribution in [0.15, 0.2) is 18.2 Å². The van der Waals surface area contributed by atoms with Gasteiger partial charge in [-0.25, -0.2) is 0 Å². The number of nitrogens with one attached hydrogen (secondary N) is 1. The van der Waals surface area contributed by atoms with Gasteiger partial charge in [-0.2, -0.15) is 8.78 Å². The van der Waals surface area contributed by atoms with E-state index in [1.165, 1.54) is 0 Å². The van der Waals surface area contributed by atoms with Crippen molar-refractivity contribution in [2.45, 2.75) is 46.0 Å². The van der Waals surface area contributed by atoms with Crippen molar-refractivity contribution >= 4 is 0 Å². The van der Waals surface area contributed by atoms with Crippen LogP contribution in [0.2, 0.25) is 0 Å². The number of hydrogen-bond acceptors (Lipinski definition) is 4. The normalized spacial score (nSPS) is 22.8. The molecule has 0 radical (unpaired) electrons. The molecular formula is C16H24F2N2O2. The van der Waals surface area contributed by atoms with E-state index in [-0.39, 0.29) is 5.75 Å². The SMILES string of the molecule is CCOc1cc(CN2CC(C)NC(C)C2)ccc1OC(F)F. The van der Waals surface area contributed by atoms with Gasteiger partial charge in [0.05, 0.1) is 6.61 Å². The van der Waals surface area contributed by atoms with Gasteiger partial charge in [-0.15, -0.1) is 0 Å². The monoisotopic (exact) mass is 314 g/mol. The van der Waals surface area contributed by atoms with Crippen LogP contribution in [0.5, 0.6) is 11.5 Å². The van der Waals surface area contributed by atoms with Crippen LogP contribution in [0.3, 0.4) is 0 Å². The first-order valence-corrected chi connectivity index (χ1v) is 7.66. The van der Waals surface area contributed by atoms with Crippen LogP contribution in [0.25, 0.3) is 0 Å². The molecule has 1 aromatic rings. The van der Waals surface area contributed by atoms with Crippen LogP contribution in [-0.4, -0.2) is 43.3 Å². The van der Waals surface area contributed by atoms with Gasteiger partial charge in [-0.3, -0.25) is 4.90 Å². The summed E-state index contributed by atoms with van der Waals surface area (Å²) in [6.45, 7) is 6.39. The van der Waals surface area contributed by atoms with Crippen LogP contribution in [0.1, 0.15) is 26.3 Å². The highest BCUT2D eigenvalue weighted by Crippen LogP contribution is 2.30. The molecular weight excluding hydrogens is 290 g/mol. The van der Waals surface area contributed by atoms with Gasteiger partial charge in [-0.05, 0) is 38.5 Å². The standard InChI is InChI=1S/C16H24F2N2O2/c1-4-21-15-7-13(5-6-14(15)22-16(17)18)10-20-8-11(2)19-12(3)9-20/h5-7,11-12,16,19H,4,8-10H2,1-3H3. The second kappa shape index (κ2) is 7.74. The van der Waals surface area contributed by atoms with Crippen LogP contribution >= 0.6 is 0 Å². The van der Waals surface area contributed by atoms with Gasteiger partial charge >= 0.3 is 6.61 Å². The molecule has 22 heavy (non-hydrogen) atoms. The maximum Gasteiger partial charge on any atom is 0.387 e. The molecule has 1 aromatic carbocycles. The summed E-state index contributed by atoms with van der Waals surface area (Å²) in [7, 11) is 0. The van der Waals surface area contributed by atoms with Gasteiger partial charge in [-0.1, -0.05) is 6.07 Å². The van der Waals surface area contributed by atoms with E-state index in [0.29, 0.717) is 24.4 Å². The molecule has 0 aliphatic carbocycles. The minimum absolute atomic E-state index is 0.0858. The zero-order valence-electron chi connectivity index (χ0n) is 13.3. The Hall–Kier alpha value is -1.40. The van der Waals surface area contributed by atoms with E-state index in [2.05, 4.69) is 28.8 Å². The average Bonchev–Trinajstić information content (AvgIpc) is 2.40. The molecule has 1 aliphatic rings. The number of benzene rings is 1. The highest BCUT2D eigenvalue weighted by atomic mass is 19.3. The van der Waals surface area contributed by atoms with Crippen LogP contribution in [-0.2, 0) is 6.54 Å². The predicted octanol–water partition coefficient (Wildman–Crippen LogP) is 2.87. The Labute approximate surface area is 130 Å². The lowest BCUT2D eigenvalue weighted by Crippen LogP contribution is -2.53. The Kier molecular flexibility index (Phi) is 5.97. The summed E-state index contributed by atoms with van der Waals surface area (Å²) in [6, 6.07) is 6.05. The van der Waals surface area contributed by atoms with E-state index in [4.69, 9.17) is 4.74 Å². The first kappa shape index (κ1) is 17.0. The molecule has 1 heterocycles. The van der Waals surface area contributed by atoms with E-state index < -0.39 is 6.61 Å². The van der Waals surface area contributed by atoms with Crippen molar-refractivity contribution in [3.63, 3.8) is 0 Å². The van der Waals surface area contributed by atoms with Gasteiger partial charge < -0.3 is 14.8 Å². The molecule has 124 valence electrons. The molecule has 0 spiro atoms. The summed E-state index contributed by atoms with van der Waals surface area (Å²) >= 11 is 0. The third kappa shape index (κ3) is 4.81. The van der Waals surface area contributed by atoms with Crippen molar-refractivity contribution in [2.24, 2.45) is 0 Å². The molecule has 1 fully saturated rings. The fourth-order valence-electron chi connectivity index (χ4n) is 2.94. The van der Waals surface area contributed by atoms with Gasteiger partial charge in [0.15, 0.2) is 11.5 Å². The van der Waals surface area contributed by atoms with E-state index >= 15 is 0 Å². The zero-order valence-corrected chi connectivity index (χ0v) is 13.3. The maximum atomic E-state index is 12.4. The Morgan fingerprint density at radius 3 is 2.50 bits per heavy atom. The molecule has 1 aliphatic heterocycles. The maximum absolute atomic E-state index is 12.4. The van der Waals surface area contributed by atoms with E-state index in [1.54, 1.807) is 12.1 Å². The quantitative estimate of drug-likeness (QED) is 0.875. The number of nitrogens with zero attached hydrogens (tertiary/aromatic N) is 1. The Balaban J connectivity index is 2.09. The number of ether oxygens (including phenoxy) is 2. The third-order valence-corrected chi connectivity index (χ3v) is 3.56. The molecule has 1 N–H and O–H groups in total. The lowest BCUT2D eigenvalue weighted by Gasteiger charge is -2.36. The second-order valence-electron chi connectivity index (χ2n) is 5.76. The number of alkyl halides is 2.